The zero-order chi connectivity index (χ0) is 13.9. The van der Waals surface area contributed by atoms with Crippen LogP contribution in [-0.2, 0) is 7.05 Å². The summed E-state index contributed by atoms with van der Waals surface area (Å²) < 4.78 is 7.20. The molecule has 0 radical (unpaired) electrons. The molecule has 20 heavy (non-hydrogen) atoms. The molecule has 1 aliphatic heterocycles. The van der Waals surface area contributed by atoms with Gasteiger partial charge >= 0.3 is 0 Å². The van der Waals surface area contributed by atoms with Crippen LogP contribution in [0.1, 0.15) is 0 Å². The second-order valence-corrected chi connectivity index (χ2v) is 4.94. The van der Waals surface area contributed by atoms with Gasteiger partial charge in [0, 0.05) is 44.6 Å². The highest BCUT2D eigenvalue weighted by Gasteiger charge is 2.30. The number of pyridine rings is 1. The molecule has 1 saturated heterocycles. The molecule has 0 aliphatic carbocycles. The lowest BCUT2D eigenvalue weighted by Crippen LogP contribution is -2.51. The summed E-state index contributed by atoms with van der Waals surface area (Å²) in [4.78, 5) is 22.1. The Bertz CT molecular complexity index is 635. The van der Waals surface area contributed by atoms with Gasteiger partial charge in [0.1, 0.15) is 5.75 Å². The van der Waals surface area contributed by atoms with E-state index in [0.29, 0.717) is 18.3 Å². The summed E-state index contributed by atoms with van der Waals surface area (Å²) in [5.41, 5.74) is -0.0564. The number of ether oxygens (including phenoxy) is 1. The third-order valence-corrected chi connectivity index (χ3v) is 3.38. The van der Waals surface area contributed by atoms with Gasteiger partial charge in [-0.05, 0) is 12.1 Å². The molecule has 6 nitrogen and oxygen atoms in total. The van der Waals surface area contributed by atoms with Crippen molar-refractivity contribution >= 4 is 5.82 Å². The molecule has 0 saturated carbocycles. The first kappa shape index (κ1) is 12.7. The molecule has 3 heterocycles. The van der Waals surface area contributed by atoms with E-state index >= 15 is 0 Å². The van der Waals surface area contributed by atoms with Crippen LogP contribution >= 0.6 is 0 Å². The smallest absolute Gasteiger partial charge is 0.293 e. The first-order valence-corrected chi connectivity index (χ1v) is 6.53. The van der Waals surface area contributed by atoms with E-state index in [4.69, 9.17) is 4.74 Å². The van der Waals surface area contributed by atoms with Gasteiger partial charge in [-0.2, -0.15) is 0 Å². The van der Waals surface area contributed by atoms with Crippen LogP contribution in [0.3, 0.4) is 0 Å². The molecule has 0 bridgehead atoms. The molecule has 104 valence electrons. The number of rotatable bonds is 4. The number of hydrogen-bond acceptors (Lipinski definition) is 5. The number of aromatic nitrogens is 3. The molecule has 0 atom stereocenters. The summed E-state index contributed by atoms with van der Waals surface area (Å²) in [5, 5.41) is 0. The maximum atomic E-state index is 11.9. The summed E-state index contributed by atoms with van der Waals surface area (Å²) in [6, 6.07) is 3.73. The largest absolute Gasteiger partial charge is 0.492 e. The highest BCUT2D eigenvalue weighted by atomic mass is 16.5. The van der Waals surface area contributed by atoms with Crippen LogP contribution in [0.2, 0.25) is 0 Å². The lowest BCUT2D eigenvalue weighted by atomic mass is 10.0. The molecule has 6 heteroatoms. The zero-order valence-electron chi connectivity index (χ0n) is 11.3. The summed E-state index contributed by atoms with van der Waals surface area (Å²) in [6.45, 7) is 2.23. The van der Waals surface area contributed by atoms with E-state index in [0.717, 1.165) is 18.8 Å². The van der Waals surface area contributed by atoms with E-state index < -0.39 is 0 Å². The normalized spacial score (nSPS) is 14.9. The second kappa shape index (κ2) is 5.32. The third kappa shape index (κ3) is 2.49. The van der Waals surface area contributed by atoms with Crippen LogP contribution in [0.25, 0.3) is 0 Å². The Morgan fingerprint density at radius 2 is 2.25 bits per heavy atom. The average molecular weight is 272 g/mol. The Morgan fingerprint density at radius 1 is 1.40 bits per heavy atom. The van der Waals surface area contributed by atoms with Crippen molar-refractivity contribution in [2.24, 2.45) is 13.0 Å². The van der Waals surface area contributed by atoms with Crippen molar-refractivity contribution < 1.29 is 4.74 Å². The lowest BCUT2D eigenvalue weighted by Gasteiger charge is -2.39. The molecule has 2 aromatic rings. The van der Waals surface area contributed by atoms with Crippen LogP contribution in [0.5, 0.6) is 5.75 Å². The van der Waals surface area contributed by atoms with Crippen LogP contribution in [0.4, 0.5) is 5.82 Å². The first-order valence-electron chi connectivity index (χ1n) is 6.53. The van der Waals surface area contributed by atoms with Crippen LogP contribution in [-0.4, -0.2) is 34.2 Å². The van der Waals surface area contributed by atoms with Gasteiger partial charge in [0.15, 0.2) is 5.82 Å². The van der Waals surface area contributed by atoms with Gasteiger partial charge in [-0.25, -0.2) is 4.98 Å². The van der Waals surface area contributed by atoms with E-state index in [9.17, 15) is 4.79 Å². The van der Waals surface area contributed by atoms with Crippen molar-refractivity contribution in [3.63, 3.8) is 0 Å². The molecule has 0 N–H and O–H groups in total. The SMILES string of the molecule is Cn1ccnc(N2CC(COc3cccnc3)C2)c1=O. The second-order valence-electron chi connectivity index (χ2n) is 4.94. The molecule has 0 amide bonds. The van der Waals surface area contributed by atoms with E-state index in [1.54, 1.807) is 36.4 Å². The van der Waals surface area contributed by atoms with Gasteiger partial charge in [-0.1, -0.05) is 0 Å². The summed E-state index contributed by atoms with van der Waals surface area (Å²) in [5.74, 6) is 1.72. The fraction of sp³-hybridized carbons (Fsp3) is 0.357. The van der Waals surface area contributed by atoms with Gasteiger partial charge in [0.2, 0.25) is 0 Å². The molecule has 0 unspecified atom stereocenters. The van der Waals surface area contributed by atoms with Gasteiger partial charge < -0.3 is 14.2 Å². The van der Waals surface area contributed by atoms with E-state index in [2.05, 4.69) is 9.97 Å². The van der Waals surface area contributed by atoms with E-state index in [1.165, 1.54) is 0 Å². The minimum atomic E-state index is -0.0564. The van der Waals surface area contributed by atoms with E-state index in [-0.39, 0.29) is 5.56 Å². The van der Waals surface area contributed by atoms with Crippen molar-refractivity contribution in [1.29, 1.82) is 0 Å². The number of hydrogen-bond donors (Lipinski definition) is 0. The summed E-state index contributed by atoms with van der Waals surface area (Å²) in [7, 11) is 1.73. The highest BCUT2D eigenvalue weighted by molar-refractivity contribution is 5.39. The topological polar surface area (TPSA) is 60.3 Å². The standard InChI is InChI=1S/C14H16N4O2/c1-17-6-5-16-13(14(17)19)18-8-11(9-18)10-20-12-3-2-4-15-7-12/h2-7,11H,8-10H2,1H3. The molecular weight excluding hydrogens is 256 g/mol. The summed E-state index contributed by atoms with van der Waals surface area (Å²) in [6.07, 6.45) is 6.73. The molecule has 0 spiro atoms. The minimum absolute atomic E-state index is 0.0564. The van der Waals surface area contributed by atoms with Crippen LogP contribution < -0.4 is 15.2 Å². The quantitative estimate of drug-likeness (QED) is 0.819. The van der Waals surface area contributed by atoms with Crippen LogP contribution in [0.15, 0.2) is 41.7 Å². The molecule has 1 fully saturated rings. The molecule has 1 aliphatic rings. The van der Waals surface area contributed by atoms with Gasteiger partial charge in [-0.3, -0.25) is 9.78 Å². The average Bonchev–Trinajstić information content (AvgIpc) is 2.42. The maximum Gasteiger partial charge on any atom is 0.293 e. The zero-order valence-corrected chi connectivity index (χ0v) is 11.3. The highest BCUT2D eigenvalue weighted by Crippen LogP contribution is 2.20. The predicted molar refractivity (Wildman–Crippen MR) is 74.9 cm³/mol. The maximum absolute atomic E-state index is 11.9. The van der Waals surface area contributed by atoms with Crippen LogP contribution in [0, 0.1) is 5.92 Å². The monoisotopic (exact) mass is 272 g/mol. The lowest BCUT2D eigenvalue weighted by molar-refractivity contribution is 0.219. The van der Waals surface area contributed by atoms with Crippen molar-refractivity contribution in [3.8, 4) is 5.75 Å². The molecule has 2 aromatic heterocycles. The molecule has 0 aromatic carbocycles. The number of aryl methyl sites for hydroxylation is 1. The minimum Gasteiger partial charge on any atom is -0.492 e. The molecular formula is C14H16N4O2. The van der Waals surface area contributed by atoms with Crippen molar-refractivity contribution in [2.75, 3.05) is 24.6 Å². The number of nitrogens with zero attached hydrogens (tertiary/aromatic N) is 4. The Kier molecular flexibility index (Phi) is 3.37. The van der Waals surface area contributed by atoms with Gasteiger partial charge in [0.25, 0.3) is 5.56 Å². The Hall–Kier alpha value is -2.37. The number of anilines is 1. The van der Waals surface area contributed by atoms with Crippen molar-refractivity contribution in [1.82, 2.24) is 14.5 Å². The van der Waals surface area contributed by atoms with Gasteiger partial charge in [0.05, 0.1) is 12.8 Å². The fourth-order valence-corrected chi connectivity index (χ4v) is 2.20. The molecule has 3 rings (SSSR count). The predicted octanol–water partition coefficient (Wildman–Crippen LogP) is 0.690. The Labute approximate surface area is 116 Å². The Balaban J connectivity index is 1.54. The van der Waals surface area contributed by atoms with Gasteiger partial charge in [-0.15, -0.1) is 0 Å². The Morgan fingerprint density at radius 3 is 3.00 bits per heavy atom. The third-order valence-electron chi connectivity index (χ3n) is 3.38. The van der Waals surface area contributed by atoms with Crippen molar-refractivity contribution in [2.45, 2.75) is 0 Å². The van der Waals surface area contributed by atoms with E-state index in [1.807, 2.05) is 17.0 Å². The summed E-state index contributed by atoms with van der Waals surface area (Å²) >= 11 is 0. The fourth-order valence-electron chi connectivity index (χ4n) is 2.20. The van der Waals surface area contributed by atoms with Crippen molar-refractivity contribution in [3.05, 3.63) is 47.3 Å². The first-order chi connectivity index (χ1) is 9.74.